The van der Waals surface area contributed by atoms with Crippen LogP contribution in [0.5, 0.6) is 0 Å². The highest BCUT2D eigenvalue weighted by Gasteiger charge is 2.48. The first-order valence-corrected chi connectivity index (χ1v) is 7.14. The Morgan fingerprint density at radius 1 is 1.11 bits per heavy atom. The average Bonchev–Trinajstić information content (AvgIpc) is 2.88. The van der Waals surface area contributed by atoms with E-state index in [9.17, 15) is 4.79 Å². The van der Waals surface area contributed by atoms with Crippen molar-refractivity contribution >= 4 is 17.7 Å². The molecular formula is C16H18N2O. The van der Waals surface area contributed by atoms with Crippen LogP contribution >= 0.6 is 0 Å². The van der Waals surface area contributed by atoms with Gasteiger partial charge in [0.15, 0.2) is 0 Å². The summed E-state index contributed by atoms with van der Waals surface area (Å²) in [5.74, 6) is 0.181. The topological polar surface area (TPSA) is 41.1 Å². The Hall–Kier alpha value is -1.77. The van der Waals surface area contributed by atoms with Crippen LogP contribution in [0, 0.1) is 11.3 Å². The Bertz CT molecular complexity index is 656. The standard InChI is InChI=1S/C16H18N2O/c19-15-13-14(17-10-18-15)12-6-2-1-5-11(12)9-16(13)7-3-4-8-16/h1-2,5-6,9,13,17H,3-4,7-8,10H2,(H,18,19). The predicted octanol–water partition coefficient (Wildman–Crippen LogP) is 0.442. The number of fused-ring (bicyclic) bond motifs is 3. The molecule has 0 aromatic heterocycles. The van der Waals surface area contributed by atoms with Gasteiger partial charge in [0.25, 0.3) is 0 Å². The molecule has 4 rings (SSSR count). The third-order valence-corrected chi connectivity index (χ3v) is 4.90. The predicted molar refractivity (Wildman–Crippen MR) is 74.1 cm³/mol. The van der Waals surface area contributed by atoms with Gasteiger partial charge in [0.2, 0.25) is 5.91 Å². The van der Waals surface area contributed by atoms with Crippen LogP contribution in [0.25, 0.3) is 11.8 Å². The lowest BCUT2D eigenvalue weighted by atomic mass is 9.68. The molecular weight excluding hydrogens is 236 g/mol. The molecule has 1 aromatic carbocycles. The van der Waals surface area contributed by atoms with Gasteiger partial charge in [-0.3, -0.25) is 4.79 Å². The van der Waals surface area contributed by atoms with Crippen LogP contribution < -0.4 is 21.1 Å². The molecule has 1 saturated heterocycles. The zero-order valence-electron chi connectivity index (χ0n) is 10.9. The molecule has 0 radical (unpaired) electrons. The highest BCUT2D eigenvalue weighted by Crippen LogP contribution is 2.49. The molecule has 1 unspecified atom stereocenters. The molecule has 1 atom stereocenters. The summed E-state index contributed by atoms with van der Waals surface area (Å²) in [6.07, 6.45) is 7.09. The second-order valence-corrected chi connectivity index (χ2v) is 5.91. The first-order chi connectivity index (χ1) is 9.30. The molecule has 3 aliphatic rings. The van der Waals surface area contributed by atoms with E-state index < -0.39 is 0 Å². The summed E-state index contributed by atoms with van der Waals surface area (Å²) in [6, 6.07) is 8.44. The van der Waals surface area contributed by atoms with Gasteiger partial charge >= 0.3 is 0 Å². The van der Waals surface area contributed by atoms with Crippen molar-refractivity contribution in [2.75, 3.05) is 6.67 Å². The minimum Gasteiger partial charge on any atom is -0.370 e. The summed E-state index contributed by atoms with van der Waals surface area (Å²) >= 11 is 0. The molecule has 1 aromatic rings. The lowest BCUT2D eigenvalue weighted by Crippen LogP contribution is -2.57. The maximum Gasteiger partial charge on any atom is 0.231 e. The van der Waals surface area contributed by atoms with Crippen LogP contribution in [-0.4, -0.2) is 12.6 Å². The Kier molecular flexibility index (Phi) is 2.25. The van der Waals surface area contributed by atoms with Crippen molar-refractivity contribution in [2.45, 2.75) is 25.7 Å². The van der Waals surface area contributed by atoms with Crippen molar-refractivity contribution in [1.29, 1.82) is 0 Å². The third-order valence-electron chi connectivity index (χ3n) is 4.90. The zero-order valence-corrected chi connectivity index (χ0v) is 10.9. The number of rotatable bonds is 0. The smallest absolute Gasteiger partial charge is 0.231 e. The third kappa shape index (κ3) is 1.47. The minimum atomic E-state index is -0.0151. The van der Waals surface area contributed by atoms with E-state index in [-0.39, 0.29) is 17.2 Å². The molecule has 2 aliphatic carbocycles. The number of amides is 1. The molecule has 1 spiro atoms. The molecule has 1 amide bonds. The summed E-state index contributed by atoms with van der Waals surface area (Å²) in [4.78, 5) is 12.4. The van der Waals surface area contributed by atoms with Gasteiger partial charge in [-0.1, -0.05) is 43.2 Å². The Labute approximate surface area is 112 Å². The number of carbonyl (C=O) groups excluding carboxylic acids is 1. The van der Waals surface area contributed by atoms with E-state index in [1.807, 2.05) is 0 Å². The van der Waals surface area contributed by atoms with Crippen molar-refractivity contribution in [2.24, 2.45) is 11.3 Å². The summed E-state index contributed by atoms with van der Waals surface area (Å²) in [5, 5.41) is 8.89. The van der Waals surface area contributed by atoms with Gasteiger partial charge in [-0.25, -0.2) is 0 Å². The van der Waals surface area contributed by atoms with Gasteiger partial charge in [-0.05, 0) is 18.1 Å². The molecule has 19 heavy (non-hydrogen) atoms. The van der Waals surface area contributed by atoms with E-state index in [1.54, 1.807) is 0 Å². The van der Waals surface area contributed by atoms with Gasteiger partial charge in [-0.2, -0.15) is 0 Å². The molecule has 2 fully saturated rings. The number of hydrogen-bond acceptors (Lipinski definition) is 2. The molecule has 3 nitrogen and oxygen atoms in total. The molecule has 1 saturated carbocycles. The fraction of sp³-hybridized carbons (Fsp3) is 0.438. The van der Waals surface area contributed by atoms with Crippen LogP contribution in [0.15, 0.2) is 24.3 Å². The second kappa shape index (κ2) is 3.86. The molecule has 2 N–H and O–H groups in total. The van der Waals surface area contributed by atoms with Crippen LogP contribution in [-0.2, 0) is 4.79 Å². The van der Waals surface area contributed by atoms with Gasteiger partial charge in [0.1, 0.15) is 0 Å². The van der Waals surface area contributed by atoms with Crippen molar-refractivity contribution in [1.82, 2.24) is 10.6 Å². The summed E-state index contributed by atoms with van der Waals surface area (Å²) in [5.41, 5.74) is 1.19. The quantitative estimate of drug-likeness (QED) is 0.705. The largest absolute Gasteiger partial charge is 0.370 e. The molecule has 1 heterocycles. The van der Waals surface area contributed by atoms with E-state index in [4.69, 9.17) is 0 Å². The minimum absolute atomic E-state index is 0.0151. The first kappa shape index (κ1) is 11.1. The Morgan fingerprint density at radius 2 is 1.89 bits per heavy atom. The highest BCUT2D eigenvalue weighted by atomic mass is 16.2. The maximum absolute atomic E-state index is 12.4. The zero-order chi connectivity index (χ0) is 12.9. The fourth-order valence-electron chi connectivity index (χ4n) is 4.09. The van der Waals surface area contributed by atoms with Crippen molar-refractivity contribution < 1.29 is 4.79 Å². The van der Waals surface area contributed by atoms with E-state index in [1.165, 1.54) is 23.3 Å². The number of benzene rings is 1. The van der Waals surface area contributed by atoms with Crippen molar-refractivity contribution in [3.8, 4) is 0 Å². The first-order valence-electron chi connectivity index (χ1n) is 7.14. The summed E-state index contributed by atoms with van der Waals surface area (Å²) < 4.78 is 0. The normalized spacial score (nSPS) is 27.1. The second-order valence-electron chi connectivity index (χ2n) is 5.91. The van der Waals surface area contributed by atoms with Gasteiger partial charge in [-0.15, -0.1) is 0 Å². The highest BCUT2D eigenvalue weighted by molar-refractivity contribution is 5.91. The van der Waals surface area contributed by atoms with Crippen LogP contribution in [0.4, 0.5) is 0 Å². The van der Waals surface area contributed by atoms with Crippen molar-refractivity contribution in [3.05, 3.63) is 34.7 Å². The molecule has 3 heteroatoms. The summed E-state index contributed by atoms with van der Waals surface area (Å²) in [6.45, 7) is 0.551. The van der Waals surface area contributed by atoms with Crippen LogP contribution in [0.3, 0.4) is 0 Å². The SMILES string of the molecule is O=C1NCNC2=c3ccccc3=CC3(CCCC3)C12. The monoisotopic (exact) mass is 254 g/mol. The lowest BCUT2D eigenvalue weighted by Gasteiger charge is -2.41. The molecule has 1 aliphatic heterocycles. The molecule has 98 valence electrons. The fourth-order valence-corrected chi connectivity index (χ4v) is 4.09. The number of carbonyl (C=O) groups is 1. The lowest BCUT2D eigenvalue weighted by molar-refractivity contribution is -0.126. The van der Waals surface area contributed by atoms with E-state index >= 15 is 0 Å². The van der Waals surface area contributed by atoms with E-state index in [2.05, 4.69) is 41.0 Å². The van der Waals surface area contributed by atoms with Crippen LogP contribution in [0.2, 0.25) is 0 Å². The van der Waals surface area contributed by atoms with Crippen LogP contribution in [0.1, 0.15) is 25.7 Å². The summed E-state index contributed by atoms with van der Waals surface area (Å²) in [7, 11) is 0. The number of nitrogens with one attached hydrogen (secondary N) is 2. The number of hydrogen-bond donors (Lipinski definition) is 2. The Balaban J connectivity index is 2.04. The maximum atomic E-state index is 12.4. The van der Waals surface area contributed by atoms with E-state index in [0.717, 1.165) is 18.5 Å². The van der Waals surface area contributed by atoms with Gasteiger partial charge in [0.05, 0.1) is 12.6 Å². The van der Waals surface area contributed by atoms with E-state index in [0.29, 0.717) is 6.67 Å². The average molecular weight is 254 g/mol. The Morgan fingerprint density at radius 3 is 2.74 bits per heavy atom. The van der Waals surface area contributed by atoms with Gasteiger partial charge < -0.3 is 10.6 Å². The molecule has 0 bridgehead atoms. The van der Waals surface area contributed by atoms with Gasteiger partial charge in [0, 0.05) is 16.3 Å². The van der Waals surface area contributed by atoms with Crippen molar-refractivity contribution in [3.63, 3.8) is 0 Å².